The van der Waals surface area contributed by atoms with Gasteiger partial charge in [-0.2, -0.15) is 0 Å². The van der Waals surface area contributed by atoms with Crippen LogP contribution >= 0.6 is 35.2 Å². The van der Waals surface area contributed by atoms with Crippen molar-refractivity contribution in [2.45, 2.75) is 39.2 Å². The lowest BCUT2D eigenvalue weighted by Crippen LogP contribution is -2.37. The van der Waals surface area contributed by atoms with Crippen molar-refractivity contribution in [1.29, 1.82) is 0 Å². The summed E-state index contributed by atoms with van der Waals surface area (Å²) in [6.45, 7) is 7.52. The largest absolute Gasteiger partial charge is 0.344 e. The van der Waals surface area contributed by atoms with Crippen molar-refractivity contribution in [2.75, 3.05) is 31.5 Å². The Labute approximate surface area is 177 Å². The van der Waals surface area contributed by atoms with Crippen LogP contribution in [0.2, 0.25) is 5.02 Å². The van der Waals surface area contributed by atoms with Gasteiger partial charge in [0.15, 0.2) is 5.11 Å². The van der Waals surface area contributed by atoms with Crippen molar-refractivity contribution in [3.05, 3.63) is 51.2 Å². The highest BCUT2D eigenvalue weighted by atomic mass is 35.5. The van der Waals surface area contributed by atoms with Crippen LogP contribution in [0.25, 0.3) is 0 Å². The van der Waals surface area contributed by atoms with Crippen molar-refractivity contribution in [2.24, 2.45) is 0 Å². The van der Waals surface area contributed by atoms with E-state index in [4.69, 9.17) is 23.8 Å². The van der Waals surface area contributed by atoms with Gasteiger partial charge in [-0.05, 0) is 87.2 Å². The predicted molar refractivity (Wildman–Crippen MR) is 122 cm³/mol. The molecule has 1 aliphatic heterocycles. The van der Waals surface area contributed by atoms with Crippen LogP contribution in [-0.2, 0) is 6.54 Å². The minimum atomic E-state index is 0.723. The zero-order chi connectivity index (χ0) is 19.1. The molecule has 0 atom stereocenters. The molecule has 1 N–H and O–H groups in total. The van der Waals surface area contributed by atoms with E-state index in [1.165, 1.54) is 37.2 Å². The minimum absolute atomic E-state index is 0.723. The molecular formula is C21H28ClN3S2. The van der Waals surface area contributed by atoms with E-state index < -0.39 is 0 Å². The van der Waals surface area contributed by atoms with E-state index in [-0.39, 0.29) is 0 Å². The van der Waals surface area contributed by atoms with Crippen LogP contribution in [-0.4, -0.2) is 41.1 Å². The number of benzene rings is 1. The molecule has 0 saturated carbocycles. The maximum Gasteiger partial charge on any atom is 0.173 e. The quantitative estimate of drug-likeness (QED) is 0.570. The van der Waals surface area contributed by atoms with Gasteiger partial charge < -0.3 is 15.1 Å². The molecule has 27 heavy (non-hydrogen) atoms. The Hall–Kier alpha value is -1.14. The van der Waals surface area contributed by atoms with E-state index in [2.05, 4.69) is 39.6 Å². The van der Waals surface area contributed by atoms with Crippen molar-refractivity contribution in [3.8, 4) is 0 Å². The van der Waals surface area contributed by atoms with E-state index in [0.29, 0.717) is 0 Å². The molecule has 0 aliphatic carbocycles. The molecule has 1 fully saturated rings. The molecule has 1 aliphatic rings. The topological polar surface area (TPSA) is 18.5 Å². The smallest absolute Gasteiger partial charge is 0.173 e. The van der Waals surface area contributed by atoms with Gasteiger partial charge in [-0.1, -0.05) is 30.2 Å². The van der Waals surface area contributed by atoms with Gasteiger partial charge in [0.05, 0.1) is 6.54 Å². The minimum Gasteiger partial charge on any atom is -0.344 e. The van der Waals surface area contributed by atoms with Crippen LogP contribution in [0.4, 0.5) is 5.69 Å². The number of thiocarbonyl (C=S) groups is 1. The summed E-state index contributed by atoms with van der Waals surface area (Å²) in [5, 5.41) is 7.03. The summed E-state index contributed by atoms with van der Waals surface area (Å²) >= 11 is 13.7. The number of rotatable bonds is 7. The second-order valence-corrected chi connectivity index (χ2v) is 9.00. The molecule has 0 bridgehead atoms. The number of aryl methyl sites for hydroxylation is 1. The average molecular weight is 422 g/mol. The molecule has 1 aromatic carbocycles. The zero-order valence-corrected chi connectivity index (χ0v) is 18.3. The molecule has 2 aromatic rings. The normalized spacial score (nSPS) is 14.9. The number of halogens is 1. The standard InChI is InChI=1S/C21H28ClN3S2/c1-17-8-9-18(22)15-20(17)23-21(26)25(16-19-7-5-14-27-19)13-6-12-24-10-3-2-4-11-24/h5,7-9,14-15H,2-4,6,10-13,16H2,1H3,(H,23,26). The molecule has 3 rings (SSSR count). The number of thiophene rings is 1. The van der Waals surface area contributed by atoms with Gasteiger partial charge in [-0.15, -0.1) is 11.3 Å². The number of likely N-dealkylation sites (tertiary alicyclic amines) is 1. The van der Waals surface area contributed by atoms with Crippen LogP contribution in [0.15, 0.2) is 35.7 Å². The number of nitrogens with zero attached hydrogens (tertiary/aromatic N) is 2. The predicted octanol–water partition coefficient (Wildman–Crippen LogP) is 5.78. The summed E-state index contributed by atoms with van der Waals surface area (Å²) in [4.78, 5) is 6.20. The fraction of sp³-hybridized carbons (Fsp3) is 0.476. The summed E-state index contributed by atoms with van der Waals surface area (Å²) in [5.41, 5.74) is 2.13. The number of piperidine rings is 1. The number of anilines is 1. The van der Waals surface area contributed by atoms with Crippen LogP contribution in [0, 0.1) is 6.92 Å². The molecular weight excluding hydrogens is 394 g/mol. The van der Waals surface area contributed by atoms with Gasteiger partial charge in [0.1, 0.15) is 0 Å². The molecule has 1 aromatic heterocycles. The van der Waals surface area contributed by atoms with Gasteiger partial charge in [0.25, 0.3) is 0 Å². The third-order valence-electron chi connectivity index (χ3n) is 5.01. The van der Waals surface area contributed by atoms with Gasteiger partial charge >= 0.3 is 0 Å². The Morgan fingerprint density at radius 3 is 2.81 bits per heavy atom. The van der Waals surface area contributed by atoms with E-state index >= 15 is 0 Å². The molecule has 1 saturated heterocycles. The summed E-state index contributed by atoms with van der Waals surface area (Å²) in [6.07, 6.45) is 5.19. The van der Waals surface area contributed by atoms with Crippen molar-refractivity contribution < 1.29 is 0 Å². The number of nitrogens with one attached hydrogen (secondary N) is 1. The first-order chi connectivity index (χ1) is 13.1. The summed E-state index contributed by atoms with van der Waals surface area (Å²) < 4.78 is 0. The highest BCUT2D eigenvalue weighted by molar-refractivity contribution is 7.80. The van der Waals surface area contributed by atoms with Crippen LogP contribution in [0.5, 0.6) is 0 Å². The molecule has 6 heteroatoms. The Kier molecular flexibility index (Phi) is 7.94. The molecule has 146 valence electrons. The van der Waals surface area contributed by atoms with Crippen LogP contribution in [0.3, 0.4) is 0 Å². The highest BCUT2D eigenvalue weighted by Crippen LogP contribution is 2.21. The maximum atomic E-state index is 6.16. The summed E-state index contributed by atoms with van der Waals surface area (Å²) in [5.74, 6) is 0. The Morgan fingerprint density at radius 2 is 2.07 bits per heavy atom. The first-order valence-corrected chi connectivity index (χ1v) is 11.4. The molecule has 0 radical (unpaired) electrons. The van der Waals surface area contributed by atoms with Crippen molar-refractivity contribution in [1.82, 2.24) is 9.80 Å². The van der Waals surface area contributed by atoms with E-state index in [0.717, 1.165) is 47.4 Å². The Morgan fingerprint density at radius 1 is 1.26 bits per heavy atom. The van der Waals surface area contributed by atoms with Crippen molar-refractivity contribution in [3.63, 3.8) is 0 Å². The highest BCUT2D eigenvalue weighted by Gasteiger charge is 2.14. The van der Waals surface area contributed by atoms with Gasteiger partial charge in [-0.25, -0.2) is 0 Å². The second kappa shape index (κ2) is 10.4. The first kappa shape index (κ1) is 20.6. The fourth-order valence-corrected chi connectivity index (χ4v) is 4.59. The van der Waals surface area contributed by atoms with E-state index in [1.807, 2.05) is 18.2 Å². The van der Waals surface area contributed by atoms with Gasteiger partial charge in [0, 0.05) is 22.1 Å². The van der Waals surface area contributed by atoms with E-state index in [1.54, 1.807) is 11.3 Å². The Bertz CT molecular complexity index is 727. The maximum absolute atomic E-state index is 6.16. The first-order valence-electron chi connectivity index (χ1n) is 9.68. The second-order valence-electron chi connectivity index (χ2n) is 7.15. The summed E-state index contributed by atoms with van der Waals surface area (Å²) in [7, 11) is 0. The molecule has 0 amide bonds. The Balaban J connectivity index is 1.61. The van der Waals surface area contributed by atoms with Gasteiger partial charge in [-0.3, -0.25) is 0 Å². The molecule has 0 unspecified atom stereocenters. The lowest BCUT2D eigenvalue weighted by Gasteiger charge is -2.29. The van der Waals surface area contributed by atoms with Crippen molar-refractivity contribution >= 4 is 46.0 Å². The van der Waals surface area contributed by atoms with E-state index in [9.17, 15) is 0 Å². The molecule has 3 nitrogen and oxygen atoms in total. The third-order valence-corrected chi connectivity index (χ3v) is 6.46. The SMILES string of the molecule is Cc1ccc(Cl)cc1NC(=S)N(CCCN1CCCCC1)Cc1cccs1. The third kappa shape index (κ3) is 6.46. The summed E-state index contributed by atoms with van der Waals surface area (Å²) in [6, 6.07) is 10.2. The monoisotopic (exact) mass is 421 g/mol. The lowest BCUT2D eigenvalue weighted by atomic mass is 10.1. The average Bonchev–Trinajstić information content (AvgIpc) is 3.18. The molecule has 0 spiro atoms. The zero-order valence-electron chi connectivity index (χ0n) is 15.9. The lowest BCUT2D eigenvalue weighted by molar-refractivity contribution is 0.218. The molecule has 2 heterocycles. The fourth-order valence-electron chi connectivity index (χ4n) is 3.43. The van der Waals surface area contributed by atoms with Crippen LogP contribution < -0.4 is 5.32 Å². The number of hydrogen-bond donors (Lipinski definition) is 1. The van der Waals surface area contributed by atoms with Gasteiger partial charge in [0.2, 0.25) is 0 Å². The van der Waals surface area contributed by atoms with Crippen LogP contribution in [0.1, 0.15) is 36.1 Å². The number of hydrogen-bond acceptors (Lipinski definition) is 3.